The fraction of sp³-hybridized carbons (Fsp3) is 0.909. The van der Waals surface area contributed by atoms with Crippen molar-refractivity contribution in [1.82, 2.24) is 4.31 Å². The Morgan fingerprint density at radius 1 is 1.07 bits per heavy atom. The lowest BCUT2D eigenvalue weighted by Crippen LogP contribution is -2.36. The summed E-state index contributed by atoms with van der Waals surface area (Å²) < 4.78 is 13.8. The second-order valence-electron chi connectivity index (χ2n) is 4.49. The lowest BCUT2D eigenvalue weighted by atomic mass is 10.2. The van der Waals surface area contributed by atoms with E-state index in [0.717, 1.165) is 32.1 Å². The monoisotopic (exact) mass is 229 g/mol. The molecule has 1 aliphatic carbocycles. The van der Waals surface area contributed by atoms with Gasteiger partial charge in [-0.25, -0.2) is 4.21 Å². The first kappa shape index (κ1) is 11.1. The fourth-order valence-corrected chi connectivity index (χ4v) is 4.12. The van der Waals surface area contributed by atoms with Gasteiger partial charge in [0.1, 0.15) is 11.0 Å². The molecule has 0 bridgehead atoms. The predicted molar refractivity (Wildman–Crippen MR) is 60.6 cm³/mol. The van der Waals surface area contributed by atoms with Crippen molar-refractivity contribution in [2.45, 2.75) is 56.6 Å². The molecule has 15 heavy (non-hydrogen) atoms. The smallest absolute Gasteiger partial charge is 0.234 e. The number of carbonyl (C=O) groups is 1. The Bertz CT molecular complexity index is 261. The van der Waals surface area contributed by atoms with Crippen LogP contribution in [-0.4, -0.2) is 26.2 Å². The molecule has 4 heteroatoms. The van der Waals surface area contributed by atoms with E-state index in [-0.39, 0.29) is 11.2 Å². The summed E-state index contributed by atoms with van der Waals surface area (Å²) in [6.45, 7) is 0.710. The summed E-state index contributed by atoms with van der Waals surface area (Å²) >= 11 is 0. The molecule has 2 rings (SSSR count). The van der Waals surface area contributed by atoms with Gasteiger partial charge in [-0.1, -0.05) is 19.3 Å². The lowest BCUT2D eigenvalue weighted by Gasteiger charge is -2.22. The third-order valence-electron chi connectivity index (χ3n) is 3.33. The third kappa shape index (κ3) is 2.60. The van der Waals surface area contributed by atoms with E-state index in [4.69, 9.17) is 0 Å². The molecule has 0 spiro atoms. The van der Waals surface area contributed by atoms with Crippen LogP contribution < -0.4 is 0 Å². The van der Waals surface area contributed by atoms with Crippen LogP contribution in [-0.2, 0) is 15.8 Å². The van der Waals surface area contributed by atoms with Crippen molar-refractivity contribution in [3.05, 3.63) is 0 Å². The highest BCUT2D eigenvalue weighted by Crippen LogP contribution is 2.26. The second kappa shape index (κ2) is 5.10. The van der Waals surface area contributed by atoms with Crippen LogP contribution in [0.1, 0.15) is 51.4 Å². The Labute approximate surface area is 93.8 Å². The molecule has 0 N–H and O–H groups in total. The molecule has 86 valence electrons. The Kier molecular flexibility index (Phi) is 3.78. The maximum absolute atomic E-state index is 12.2. The Morgan fingerprint density at radius 2 is 1.80 bits per heavy atom. The predicted octanol–water partition coefficient (Wildman–Crippen LogP) is 2.00. The third-order valence-corrected chi connectivity index (χ3v) is 5.20. The summed E-state index contributed by atoms with van der Waals surface area (Å²) in [5, 5.41) is 0.257. The number of hydrogen-bond donors (Lipinski definition) is 0. The molecule has 2 aliphatic rings. The molecule has 1 heterocycles. The van der Waals surface area contributed by atoms with Crippen molar-refractivity contribution in [2.24, 2.45) is 0 Å². The van der Waals surface area contributed by atoms with E-state index in [1.165, 1.54) is 12.8 Å². The van der Waals surface area contributed by atoms with E-state index in [2.05, 4.69) is 0 Å². The summed E-state index contributed by atoms with van der Waals surface area (Å²) in [4.78, 5) is 11.7. The molecule has 1 unspecified atom stereocenters. The van der Waals surface area contributed by atoms with Crippen molar-refractivity contribution >= 4 is 16.9 Å². The first-order valence-corrected chi connectivity index (χ1v) is 7.17. The Balaban J connectivity index is 2.00. The van der Waals surface area contributed by atoms with Gasteiger partial charge in [-0.15, -0.1) is 0 Å². The quantitative estimate of drug-likeness (QED) is 0.726. The number of hydrogen-bond acceptors (Lipinski definition) is 2. The van der Waals surface area contributed by atoms with E-state index >= 15 is 0 Å². The van der Waals surface area contributed by atoms with Crippen LogP contribution in [0.2, 0.25) is 0 Å². The highest BCUT2D eigenvalue weighted by Gasteiger charge is 2.29. The van der Waals surface area contributed by atoms with Crippen LogP contribution in [0, 0.1) is 0 Å². The van der Waals surface area contributed by atoms with E-state index in [1.807, 2.05) is 0 Å². The molecule has 0 aromatic rings. The fourth-order valence-electron chi connectivity index (χ4n) is 2.42. The van der Waals surface area contributed by atoms with Gasteiger partial charge in [-0.05, 0) is 25.7 Å². The highest BCUT2D eigenvalue weighted by atomic mass is 32.2. The van der Waals surface area contributed by atoms with Crippen LogP contribution in [0.15, 0.2) is 0 Å². The summed E-state index contributed by atoms with van der Waals surface area (Å²) in [6.07, 6.45) is 8.12. The zero-order valence-electron chi connectivity index (χ0n) is 9.11. The minimum atomic E-state index is -1.04. The van der Waals surface area contributed by atoms with Gasteiger partial charge in [-0.2, -0.15) is 0 Å². The molecule has 1 atom stereocenters. The van der Waals surface area contributed by atoms with Crippen molar-refractivity contribution in [3.8, 4) is 0 Å². The van der Waals surface area contributed by atoms with E-state index in [9.17, 15) is 9.00 Å². The summed E-state index contributed by atoms with van der Waals surface area (Å²) in [5.74, 6) is 0.109. The van der Waals surface area contributed by atoms with Crippen molar-refractivity contribution in [3.63, 3.8) is 0 Å². The van der Waals surface area contributed by atoms with Crippen molar-refractivity contribution in [1.29, 1.82) is 0 Å². The van der Waals surface area contributed by atoms with Crippen LogP contribution in [0.5, 0.6) is 0 Å². The average molecular weight is 229 g/mol. The van der Waals surface area contributed by atoms with E-state index < -0.39 is 11.0 Å². The van der Waals surface area contributed by atoms with Crippen LogP contribution in [0.4, 0.5) is 0 Å². The topological polar surface area (TPSA) is 37.4 Å². The average Bonchev–Trinajstić information content (AvgIpc) is 2.68. The number of amides is 1. The maximum Gasteiger partial charge on any atom is 0.234 e. The number of nitrogens with zero attached hydrogens (tertiary/aromatic N) is 1. The summed E-state index contributed by atoms with van der Waals surface area (Å²) in [6, 6.07) is 0. The van der Waals surface area contributed by atoms with Crippen molar-refractivity contribution < 1.29 is 9.00 Å². The molecule has 0 radical (unpaired) electrons. The zero-order valence-corrected chi connectivity index (χ0v) is 9.93. The van der Waals surface area contributed by atoms with Gasteiger partial charge in [-0.3, -0.25) is 9.10 Å². The van der Waals surface area contributed by atoms with Gasteiger partial charge < -0.3 is 0 Å². The molecule has 3 nitrogen and oxygen atoms in total. The van der Waals surface area contributed by atoms with Gasteiger partial charge >= 0.3 is 0 Å². The normalized spacial score (nSPS) is 26.7. The highest BCUT2D eigenvalue weighted by molar-refractivity contribution is 7.83. The minimum absolute atomic E-state index is 0.109. The van der Waals surface area contributed by atoms with Crippen LogP contribution in [0.25, 0.3) is 0 Å². The van der Waals surface area contributed by atoms with Crippen LogP contribution >= 0.6 is 0 Å². The molecule has 1 amide bonds. The Hall–Kier alpha value is -0.380. The molecular formula is C11H19NO2S. The molecule has 1 saturated heterocycles. The van der Waals surface area contributed by atoms with E-state index in [0.29, 0.717) is 13.0 Å². The molecular weight excluding hydrogens is 210 g/mol. The van der Waals surface area contributed by atoms with Crippen LogP contribution in [0.3, 0.4) is 0 Å². The van der Waals surface area contributed by atoms with Gasteiger partial charge in [0.15, 0.2) is 0 Å². The van der Waals surface area contributed by atoms with Gasteiger partial charge in [0, 0.05) is 13.0 Å². The standard InChI is InChI=1S/C11H19NO2S/c13-11-8-2-1-5-9-12(11)15(14)10-6-3-4-7-10/h10H,1-9H2. The summed E-state index contributed by atoms with van der Waals surface area (Å²) in [5.41, 5.74) is 0. The molecule has 1 aliphatic heterocycles. The SMILES string of the molecule is O=C1CCCCCN1S(=O)C1CCCC1. The largest absolute Gasteiger partial charge is 0.274 e. The first-order valence-electron chi connectivity index (χ1n) is 6.00. The first-order chi connectivity index (χ1) is 7.29. The maximum atomic E-state index is 12.2. The molecule has 0 aromatic carbocycles. The van der Waals surface area contributed by atoms with Gasteiger partial charge in [0.05, 0.1) is 5.25 Å². The second-order valence-corrected chi connectivity index (χ2v) is 6.15. The Morgan fingerprint density at radius 3 is 2.53 bits per heavy atom. The summed E-state index contributed by atoms with van der Waals surface area (Å²) in [7, 11) is -1.04. The molecule has 2 fully saturated rings. The molecule has 1 saturated carbocycles. The van der Waals surface area contributed by atoms with Crippen molar-refractivity contribution in [2.75, 3.05) is 6.54 Å². The zero-order chi connectivity index (χ0) is 10.7. The van der Waals surface area contributed by atoms with Gasteiger partial charge in [0.2, 0.25) is 5.91 Å². The molecule has 0 aromatic heterocycles. The van der Waals surface area contributed by atoms with E-state index in [1.54, 1.807) is 4.31 Å². The minimum Gasteiger partial charge on any atom is -0.274 e. The lowest BCUT2D eigenvalue weighted by molar-refractivity contribution is -0.125. The number of carbonyl (C=O) groups excluding carboxylic acids is 1. The van der Waals surface area contributed by atoms with Gasteiger partial charge in [0.25, 0.3) is 0 Å². The number of rotatable bonds is 2.